The molecule has 560 valence electrons. The monoisotopic (exact) mass is 1450 g/mol. The summed E-state index contributed by atoms with van der Waals surface area (Å²) in [7, 11) is 1.29. The van der Waals surface area contributed by atoms with Gasteiger partial charge in [0.25, 0.3) is 5.91 Å². The molecule has 0 bridgehead atoms. The Balaban J connectivity index is 0.842. The van der Waals surface area contributed by atoms with Gasteiger partial charge in [-0.2, -0.15) is 0 Å². The molecule has 18 N–H and O–H groups in total. The van der Waals surface area contributed by atoms with E-state index in [4.69, 9.17) is 30.5 Å². The highest BCUT2D eigenvalue weighted by molar-refractivity contribution is 6.31. The Kier molecular flexibility index (Phi) is 24.9. The van der Waals surface area contributed by atoms with Crippen LogP contribution in [0.25, 0.3) is 10.9 Å². The third-order valence-electron chi connectivity index (χ3n) is 19.3. The molecule has 9 rings (SSSR count). The first-order chi connectivity index (χ1) is 49.2. The van der Waals surface area contributed by atoms with Crippen molar-refractivity contribution in [1.29, 1.82) is 0 Å². The third-order valence-corrected chi connectivity index (χ3v) is 19.3. The SMILES string of the molecule is COc1cccc2c1C(=O)c1c(O)c3c(c(O)c1C2=O)C[C@@](O)(/C(C)=N/OCC(=O)N[C@@H](CC(C)C)C(=O)N[C@H](C(=O)N[C@H](C(=O)N[C@@H](CO)C(=O)N1CCC[C@H]1C(=O)N[C@@H](Cc1c[nH]c2ccccc12)C(=O)N[C@@H](Cc1ccc(O)cc1)C(N)=O)C(C)C)[C@@H](C)O)C[C@@H]3O[C@H]1C[C@H](N)[C@H](O)[C@H](C)O1. The molecule has 1 aromatic heterocycles. The zero-order valence-electron chi connectivity index (χ0n) is 58.8. The molecule has 32 heteroatoms. The maximum atomic E-state index is 14.4. The van der Waals surface area contributed by atoms with Crippen molar-refractivity contribution in [1.82, 2.24) is 41.8 Å². The van der Waals surface area contributed by atoms with Crippen LogP contribution >= 0.6 is 0 Å². The number of amides is 8. The largest absolute Gasteiger partial charge is 0.508 e. The highest BCUT2D eigenvalue weighted by atomic mass is 16.7. The van der Waals surface area contributed by atoms with E-state index in [1.807, 2.05) is 18.2 Å². The third kappa shape index (κ3) is 17.2. The van der Waals surface area contributed by atoms with Crippen molar-refractivity contribution < 1.29 is 103 Å². The molecule has 4 aromatic carbocycles. The quantitative estimate of drug-likeness (QED) is 0.0166. The van der Waals surface area contributed by atoms with Crippen molar-refractivity contribution in [2.24, 2.45) is 28.5 Å². The molecule has 0 unspecified atom stereocenters. The van der Waals surface area contributed by atoms with E-state index < -0.39 is 198 Å². The van der Waals surface area contributed by atoms with Crippen molar-refractivity contribution in [3.63, 3.8) is 0 Å². The van der Waals surface area contributed by atoms with Crippen LogP contribution in [-0.4, -0.2) is 216 Å². The van der Waals surface area contributed by atoms with Gasteiger partial charge in [-0.05, 0) is 87.3 Å². The van der Waals surface area contributed by atoms with Crippen LogP contribution < -0.4 is 48.1 Å². The number of rotatable bonds is 29. The van der Waals surface area contributed by atoms with E-state index >= 15 is 0 Å². The van der Waals surface area contributed by atoms with E-state index in [1.54, 1.807) is 59.0 Å². The minimum atomic E-state index is -2.16. The van der Waals surface area contributed by atoms with Crippen molar-refractivity contribution in [2.45, 2.75) is 184 Å². The summed E-state index contributed by atoms with van der Waals surface area (Å²) in [6.07, 6.45) is -5.40. The summed E-state index contributed by atoms with van der Waals surface area (Å²) >= 11 is 0. The van der Waals surface area contributed by atoms with Crippen molar-refractivity contribution in [3.05, 3.63) is 117 Å². The van der Waals surface area contributed by atoms with E-state index in [1.165, 1.54) is 51.3 Å². The number of ether oxygens (including phenoxy) is 3. The summed E-state index contributed by atoms with van der Waals surface area (Å²) in [6.45, 7) is 8.75. The predicted molar refractivity (Wildman–Crippen MR) is 371 cm³/mol. The topological polar surface area (TPSA) is 505 Å². The van der Waals surface area contributed by atoms with Gasteiger partial charge in [-0.1, -0.05) is 75.3 Å². The normalized spacial score (nSPS) is 22.1. The van der Waals surface area contributed by atoms with E-state index in [0.29, 0.717) is 17.5 Å². The molecule has 5 aromatic rings. The Hall–Kier alpha value is -10.1. The number of para-hydroxylation sites is 1. The maximum Gasteiger partial charge on any atom is 0.261 e. The molecule has 2 aliphatic heterocycles. The van der Waals surface area contributed by atoms with Crippen molar-refractivity contribution >= 4 is 75.4 Å². The molecule has 8 amide bonds. The van der Waals surface area contributed by atoms with E-state index in [-0.39, 0.29) is 84.0 Å². The molecule has 14 atom stereocenters. The van der Waals surface area contributed by atoms with Gasteiger partial charge in [-0.15, -0.1) is 0 Å². The molecule has 0 saturated carbocycles. The Morgan fingerprint density at radius 1 is 0.788 bits per heavy atom. The van der Waals surface area contributed by atoms with Crippen LogP contribution in [0.3, 0.4) is 0 Å². The first kappa shape index (κ1) is 78.1. The first-order valence-electron chi connectivity index (χ1n) is 34.3. The number of methoxy groups -OCH3 is 1. The number of hydrogen-bond acceptors (Lipinski definition) is 23. The fraction of sp³-hybridized carbons (Fsp3) is 0.486. The lowest BCUT2D eigenvalue weighted by Gasteiger charge is -2.42. The van der Waals surface area contributed by atoms with E-state index in [0.717, 1.165) is 15.8 Å². The number of primary amides is 1. The molecule has 3 heterocycles. The predicted octanol–water partition coefficient (Wildman–Crippen LogP) is -0.0350. The maximum absolute atomic E-state index is 14.4. The van der Waals surface area contributed by atoms with Gasteiger partial charge in [-0.25, -0.2) is 0 Å². The summed E-state index contributed by atoms with van der Waals surface area (Å²) in [5.74, 6) is -11.4. The fourth-order valence-corrected chi connectivity index (χ4v) is 13.6. The summed E-state index contributed by atoms with van der Waals surface area (Å²) in [6, 6.07) is 6.44. The van der Waals surface area contributed by atoms with E-state index in [2.05, 4.69) is 42.0 Å². The second-order valence-electron chi connectivity index (χ2n) is 27.6. The molecule has 2 saturated heterocycles. The molecule has 2 fully saturated rings. The number of phenols is 3. The van der Waals surface area contributed by atoms with Crippen LogP contribution in [0.5, 0.6) is 23.0 Å². The number of oxime groups is 1. The van der Waals surface area contributed by atoms with Gasteiger partial charge >= 0.3 is 0 Å². The number of nitrogens with zero attached hydrogens (tertiary/aromatic N) is 2. The average Bonchev–Trinajstić information content (AvgIpc) is 0.786. The fourth-order valence-electron chi connectivity index (χ4n) is 13.6. The number of fused-ring (bicyclic) bond motifs is 4. The van der Waals surface area contributed by atoms with Gasteiger partial charge in [0.1, 0.15) is 70.9 Å². The summed E-state index contributed by atoms with van der Waals surface area (Å²) < 4.78 is 17.7. The van der Waals surface area contributed by atoms with E-state index in [9.17, 15) is 83.7 Å². The van der Waals surface area contributed by atoms with Crippen LogP contribution in [0, 0.1) is 11.8 Å². The number of likely N-dealkylation sites (tertiary alicyclic amines) is 1. The van der Waals surface area contributed by atoms with Gasteiger partial charge in [0.05, 0.1) is 60.5 Å². The van der Waals surface area contributed by atoms with Crippen LogP contribution in [0.4, 0.5) is 0 Å². The number of H-pyrrole nitrogens is 1. The smallest absolute Gasteiger partial charge is 0.261 e. The molecule has 0 spiro atoms. The number of nitrogens with two attached hydrogens (primary N) is 2. The minimum absolute atomic E-state index is 0.0101. The lowest BCUT2D eigenvalue weighted by Crippen LogP contribution is -2.62. The lowest BCUT2D eigenvalue weighted by atomic mass is 9.72. The Labute approximate surface area is 597 Å². The number of aliphatic hydroxyl groups excluding tert-OH is 3. The summed E-state index contributed by atoms with van der Waals surface area (Å²) in [4.78, 5) is 150. The molecule has 104 heavy (non-hydrogen) atoms. The van der Waals surface area contributed by atoms with Crippen molar-refractivity contribution in [3.8, 4) is 23.0 Å². The van der Waals surface area contributed by atoms with Gasteiger partial charge in [-0.3, -0.25) is 47.9 Å². The Bertz CT molecular complexity index is 4110. The highest BCUT2D eigenvalue weighted by Gasteiger charge is 2.50. The standard InChI is InChI=1S/C72H91N11O21/c1-32(2)23-46(76-52(87)31-102-82-36(7)72(100)27-42-55(51(28-72)104-53-26-43(73)60(88)35(6)103-53)64(92)57-56(62(42)90)61(89)41-14-11-17-50(101-8)54(41)63(57)91)67(95)81-59(34(5)85)70(98)80-58(33(3)4)69(97)79-48(30-84)71(99)83-22-12-16-49(83)68(96)78-47(25-38-29-75-44-15-10-9-13-40(38)44)66(94)77-45(65(74)93)24-37-18-20-39(86)21-19-37/h9-11,13-15,17-21,29,32-35,43,45-49,51,53,58-60,75,84-86,88,90,92,100H,12,16,22-28,30-31,73H2,1-8H3,(H2,74,93)(H,76,87)(H,77,94)(H,78,96)(H,79,97)(H,80,98)(H,81,95)/b82-36+/t34-,35+,43+,45+,46+,47+,48+,49+,51+,53+,58+,59+,60-,72+/m1/s1. The average molecular weight is 1450 g/mol. The second-order valence-corrected chi connectivity index (χ2v) is 27.6. The zero-order chi connectivity index (χ0) is 75.9. The Morgan fingerprint density at radius 2 is 1.45 bits per heavy atom. The van der Waals surface area contributed by atoms with Crippen LogP contribution in [0.1, 0.15) is 141 Å². The van der Waals surface area contributed by atoms with Gasteiger partial charge in [0.15, 0.2) is 18.7 Å². The minimum Gasteiger partial charge on any atom is -0.508 e. The number of carbonyl (C=O) groups is 10. The molecule has 4 aliphatic rings. The number of nitrogens with one attached hydrogen (secondary N) is 7. The molecule has 2 aliphatic carbocycles. The van der Waals surface area contributed by atoms with Gasteiger partial charge < -0.3 is 108 Å². The number of phenolic OH excluding ortho intramolecular Hbond substituents is 3. The zero-order valence-corrected chi connectivity index (χ0v) is 58.8. The number of ketones is 2. The highest BCUT2D eigenvalue weighted by Crippen LogP contribution is 2.53. The van der Waals surface area contributed by atoms with Gasteiger partial charge in [0, 0.05) is 78.5 Å². The summed E-state index contributed by atoms with van der Waals surface area (Å²) in [5.41, 5.74) is 9.80. The number of benzene rings is 4. The Morgan fingerprint density at radius 3 is 2.11 bits per heavy atom. The summed E-state index contributed by atoms with van der Waals surface area (Å²) in [5, 5.41) is 98.8. The second kappa shape index (κ2) is 33.1. The number of hydrogen-bond donors (Lipinski definition) is 16. The molecular weight excluding hydrogens is 1350 g/mol. The molecule has 32 nitrogen and oxygen atoms in total. The number of carbonyl (C=O) groups excluding carboxylic acids is 10. The number of aromatic nitrogens is 1. The molecule has 0 radical (unpaired) electrons. The molecular formula is C72H91N11O21. The lowest BCUT2D eigenvalue weighted by molar-refractivity contribution is -0.245. The van der Waals surface area contributed by atoms with Crippen molar-refractivity contribution in [2.75, 3.05) is 26.9 Å². The van der Waals surface area contributed by atoms with Crippen LogP contribution in [0.15, 0.2) is 78.1 Å². The number of aromatic hydroxyl groups is 3. The number of aliphatic hydroxyl groups is 4. The van der Waals surface area contributed by atoms with Crippen LogP contribution in [0.2, 0.25) is 0 Å². The number of aromatic amines is 1. The van der Waals surface area contributed by atoms with Gasteiger partial charge in [0.2, 0.25) is 47.1 Å². The van der Waals surface area contributed by atoms with Crippen LogP contribution in [-0.2, 0) is 71.9 Å². The first-order valence-corrected chi connectivity index (χ1v) is 34.3.